The summed E-state index contributed by atoms with van der Waals surface area (Å²) in [5, 5.41) is 0. The highest BCUT2D eigenvalue weighted by molar-refractivity contribution is 5.95. The second-order valence-corrected chi connectivity index (χ2v) is 6.69. The van der Waals surface area contributed by atoms with E-state index in [0.29, 0.717) is 0 Å². The van der Waals surface area contributed by atoms with E-state index >= 15 is 0 Å². The molecule has 2 N–H and O–H groups in total. The summed E-state index contributed by atoms with van der Waals surface area (Å²) in [6, 6.07) is 4.65. The van der Waals surface area contributed by atoms with Gasteiger partial charge < -0.3 is 0 Å². The van der Waals surface area contributed by atoms with Gasteiger partial charge in [-0.3, -0.25) is 0 Å². The molecule has 1 aromatic rings. The Kier molecular flexibility index (Phi) is 2.01. The van der Waals surface area contributed by atoms with Gasteiger partial charge in [0.15, 0.2) is 11.4 Å². The standard InChI is InChI=1S/C16H20N2/c1-9-15(3,4)11-7-14-12(8-13(11)17-9)16(5,6)10(2)18-14/h7-8H,1-6H3/p+2. The lowest BCUT2D eigenvalue weighted by atomic mass is 9.78. The lowest BCUT2D eigenvalue weighted by Crippen LogP contribution is -2.65. The minimum Gasteiger partial charge on any atom is -0.212 e. The molecule has 0 aromatic heterocycles. The topological polar surface area (TPSA) is 27.9 Å². The molecule has 0 aliphatic carbocycles. The molecule has 2 aliphatic rings. The Labute approximate surface area is 109 Å². The monoisotopic (exact) mass is 242 g/mol. The third kappa shape index (κ3) is 1.23. The molecule has 2 aliphatic heterocycles. The average Bonchev–Trinajstić information content (AvgIpc) is 2.62. The number of hydrogen-bond acceptors (Lipinski definition) is 0. The zero-order valence-corrected chi connectivity index (χ0v) is 12.2. The first-order valence-corrected chi connectivity index (χ1v) is 6.65. The number of nitrogens with one attached hydrogen (secondary N) is 2. The first kappa shape index (κ1) is 11.6. The predicted octanol–water partition coefficient (Wildman–Crippen LogP) is 0.615. The molecule has 0 spiro atoms. The van der Waals surface area contributed by atoms with Crippen LogP contribution < -0.4 is 9.98 Å². The van der Waals surface area contributed by atoms with Gasteiger partial charge in [0.2, 0.25) is 11.4 Å². The average molecular weight is 242 g/mol. The Morgan fingerprint density at radius 1 is 0.722 bits per heavy atom. The second kappa shape index (κ2) is 3.11. The van der Waals surface area contributed by atoms with Gasteiger partial charge >= 0.3 is 0 Å². The van der Waals surface area contributed by atoms with Crippen molar-refractivity contribution in [1.82, 2.24) is 0 Å². The summed E-state index contributed by atoms with van der Waals surface area (Å²) in [4.78, 5) is 7.10. The van der Waals surface area contributed by atoms with Gasteiger partial charge in [-0.15, -0.1) is 0 Å². The van der Waals surface area contributed by atoms with Crippen LogP contribution in [0, 0.1) is 0 Å². The van der Waals surface area contributed by atoms with E-state index in [4.69, 9.17) is 0 Å². The molecule has 0 amide bonds. The van der Waals surface area contributed by atoms with Crippen LogP contribution >= 0.6 is 0 Å². The quantitative estimate of drug-likeness (QED) is 0.667. The maximum atomic E-state index is 3.55. The van der Waals surface area contributed by atoms with Crippen LogP contribution in [0.3, 0.4) is 0 Å². The summed E-state index contributed by atoms with van der Waals surface area (Å²) >= 11 is 0. The van der Waals surface area contributed by atoms with Gasteiger partial charge in [0.1, 0.15) is 0 Å². The van der Waals surface area contributed by atoms with Crippen molar-refractivity contribution >= 4 is 22.8 Å². The van der Waals surface area contributed by atoms with E-state index in [1.54, 1.807) is 0 Å². The normalized spacial score (nSPS) is 22.3. The number of rotatable bonds is 0. The van der Waals surface area contributed by atoms with Crippen molar-refractivity contribution in [2.75, 3.05) is 0 Å². The zero-order valence-electron chi connectivity index (χ0n) is 12.2. The van der Waals surface area contributed by atoms with E-state index in [-0.39, 0.29) is 10.8 Å². The van der Waals surface area contributed by atoms with Crippen molar-refractivity contribution in [3.05, 3.63) is 23.3 Å². The molecule has 0 bridgehead atoms. The van der Waals surface area contributed by atoms with Gasteiger partial charge in [-0.2, -0.15) is 0 Å². The smallest absolute Gasteiger partial charge is 0.208 e. The Hall–Kier alpha value is -1.44. The Balaban J connectivity index is 2.26. The molecule has 3 rings (SSSR count). The van der Waals surface area contributed by atoms with Crippen molar-refractivity contribution in [3.63, 3.8) is 0 Å². The number of hydrogen-bond donors (Lipinski definition) is 2. The van der Waals surface area contributed by atoms with E-state index in [1.165, 1.54) is 33.9 Å². The summed E-state index contributed by atoms with van der Waals surface area (Å²) in [7, 11) is 0. The van der Waals surface area contributed by atoms with Crippen molar-refractivity contribution < 1.29 is 9.98 Å². The SMILES string of the molecule is CC1=[NH+]c2cc3c(cc2C1(C)C)[NH+]=C(C)C3(C)C. The third-order valence-electron chi connectivity index (χ3n) is 5.02. The molecule has 0 saturated carbocycles. The first-order valence-electron chi connectivity index (χ1n) is 6.65. The van der Waals surface area contributed by atoms with Gasteiger partial charge in [0, 0.05) is 37.1 Å². The van der Waals surface area contributed by atoms with Crippen LogP contribution in [-0.2, 0) is 10.8 Å². The molecule has 0 saturated heterocycles. The number of fused-ring (bicyclic) bond motifs is 2. The van der Waals surface area contributed by atoms with Crippen LogP contribution in [0.4, 0.5) is 11.4 Å². The molecule has 94 valence electrons. The Morgan fingerprint density at radius 3 is 1.39 bits per heavy atom. The van der Waals surface area contributed by atoms with Crippen molar-refractivity contribution in [1.29, 1.82) is 0 Å². The minimum atomic E-state index is 0.118. The largest absolute Gasteiger partial charge is 0.212 e. The summed E-state index contributed by atoms with van der Waals surface area (Å²) in [5.74, 6) is 0. The molecule has 1 aromatic carbocycles. The van der Waals surface area contributed by atoms with E-state index < -0.39 is 0 Å². The van der Waals surface area contributed by atoms with Crippen LogP contribution in [0.1, 0.15) is 52.7 Å². The Bertz CT molecular complexity index is 560. The summed E-state index contributed by atoms with van der Waals surface area (Å²) in [6.45, 7) is 13.5. The van der Waals surface area contributed by atoms with Crippen LogP contribution in [0.15, 0.2) is 12.1 Å². The summed E-state index contributed by atoms with van der Waals surface area (Å²) < 4.78 is 0. The van der Waals surface area contributed by atoms with E-state index in [1.807, 2.05) is 0 Å². The summed E-state index contributed by atoms with van der Waals surface area (Å²) in [6.07, 6.45) is 0. The molecular weight excluding hydrogens is 220 g/mol. The van der Waals surface area contributed by atoms with Gasteiger partial charge in [-0.25, -0.2) is 9.98 Å². The lowest BCUT2D eigenvalue weighted by Gasteiger charge is -2.17. The Morgan fingerprint density at radius 2 is 1.06 bits per heavy atom. The molecule has 2 heteroatoms. The van der Waals surface area contributed by atoms with Crippen molar-refractivity contribution in [2.45, 2.75) is 52.4 Å². The van der Waals surface area contributed by atoms with Gasteiger partial charge in [-0.05, 0) is 27.7 Å². The molecule has 2 heterocycles. The first-order chi connectivity index (χ1) is 8.24. The molecule has 0 unspecified atom stereocenters. The van der Waals surface area contributed by atoms with Crippen molar-refractivity contribution in [2.24, 2.45) is 0 Å². The van der Waals surface area contributed by atoms with E-state index in [9.17, 15) is 0 Å². The molecule has 0 radical (unpaired) electrons. The zero-order chi connectivity index (χ0) is 13.3. The van der Waals surface area contributed by atoms with Gasteiger partial charge in [-0.1, -0.05) is 0 Å². The van der Waals surface area contributed by atoms with E-state index in [0.717, 1.165) is 0 Å². The second-order valence-electron chi connectivity index (χ2n) is 6.69. The van der Waals surface area contributed by atoms with Gasteiger partial charge in [0.05, 0.1) is 10.8 Å². The van der Waals surface area contributed by atoms with E-state index in [2.05, 4.69) is 63.7 Å². The van der Waals surface area contributed by atoms with Crippen LogP contribution in [-0.4, -0.2) is 11.4 Å². The van der Waals surface area contributed by atoms with Crippen LogP contribution in [0.2, 0.25) is 0 Å². The fourth-order valence-corrected chi connectivity index (χ4v) is 2.96. The number of benzene rings is 1. The minimum absolute atomic E-state index is 0.118. The predicted molar refractivity (Wildman–Crippen MR) is 75.1 cm³/mol. The molecular formula is C16H22N2+2. The third-order valence-corrected chi connectivity index (χ3v) is 5.02. The van der Waals surface area contributed by atoms with Gasteiger partial charge in [0.25, 0.3) is 0 Å². The molecule has 0 atom stereocenters. The highest BCUT2D eigenvalue weighted by Crippen LogP contribution is 2.39. The fourth-order valence-electron chi connectivity index (χ4n) is 2.96. The maximum Gasteiger partial charge on any atom is 0.208 e. The summed E-state index contributed by atoms with van der Waals surface area (Å²) in [5.41, 5.74) is 8.26. The highest BCUT2D eigenvalue weighted by Gasteiger charge is 2.45. The highest BCUT2D eigenvalue weighted by atomic mass is 14.9. The van der Waals surface area contributed by atoms with Crippen LogP contribution in [0.25, 0.3) is 0 Å². The molecule has 18 heavy (non-hydrogen) atoms. The van der Waals surface area contributed by atoms with Crippen LogP contribution in [0.5, 0.6) is 0 Å². The molecule has 0 fully saturated rings. The lowest BCUT2D eigenvalue weighted by molar-refractivity contribution is -0.355. The van der Waals surface area contributed by atoms with Crippen molar-refractivity contribution in [3.8, 4) is 0 Å². The fraction of sp³-hybridized carbons (Fsp3) is 0.500. The maximum absolute atomic E-state index is 3.55. The molecule has 2 nitrogen and oxygen atoms in total.